The minimum absolute atomic E-state index is 0.0619. The van der Waals surface area contributed by atoms with E-state index >= 15 is 0 Å². The summed E-state index contributed by atoms with van der Waals surface area (Å²) in [4.78, 5) is 12.4. The van der Waals surface area contributed by atoms with Crippen molar-refractivity contribution in [1.29, 1.82) is 0 Å². The number of amides is 1. The molecule has 2 N–H and O–H groups in total. The lowest BCUT2D eigenvalue weighted by Gasteiger charge is -2.07. The Bertz CT molecular complexity index is 1020. The van der Waals surface area contributed by atoms with E-state index < -0.39 is 10.0 Å². The molecule has 0 atom stereocenters. The van der Waals surface area contributed by atoms with Gasteiger partial charge in [-0.25, -0.2) is 17.8 Å². The molecule has 0 saturated carbocycles. The lowest BCUT2D eigenvalue weighted by atomic mass is 10.1. The molecule has 2 heterocycles. The molecule has 8 nitrogen and oxygen atoms in total. The van der Waals surface area contributed by atoms with E-state index in [0.29, 0.717) is 13.0 Å². The van der Waals surface area contributed by atoms with Crippen LogP contribution in [0.3, 0.4) is 0 Å². The number of rotatable bonds is 7. The molecule has 2 aromatic heterocycles. The Labute approximate surface area is 157 Å². The van der Waals surface area contributed by atoms with E-state index in [-0.39, 0.29) is 16.5 Å². The van der Waals surface area contributed by atoms with Crippen LogP contribution in [-0.4, -0.2) is 42.3 Å². The Morgan fingerprint density at radius 1 is 1.22 bits per heavy atom. The molecule has 0 fully saturated rings. The minimum Gasteiger partial charge on any atom is -0.350 e. The fraction of sp³-hybridized carbons (Fsp3) is 0.222. The summed E-state index contributed by atoms with van der Waals surface area (Å²) >= 11 is 0. The molecule has 1 amide bonds. The van der Waals surface area contributed by atoms with E-state index in [1.54, 1.807) is 17.9 Å². The number of carbonyl (C=O) groups is 1. The van der Waals surface area contributed by atoms with Crippen LogP contribution in [0, 0.1) is 0 Å². The van der Waals surface area contributed by atoms with Crippen LogP contribution in [0.5, 0.6) is 0 Å². The first-order chi connectivity index (χ1) is 12.9. The Morgan fingerprint density at radius 2 is 1.96 bits per heavy atom. The van der Waals surface area contributed by atoms with Gasteiger partial charge in [-0.15, -0.1) is 0 Å². The van der Waals surface area contributed by atoms with Gasteiger partial charge in [0.1, 0.15) is 10.6 Å². The summed E-state index contributed by atoms with van der Waals surface area (Å²) < 4.78 is 29.2. The van der Waals surface area contributed by atoms with Gasteiger partial charge in [-0.05, 0) is 43.3 Å². The van der Waals surface area contributed by atoms with Crippen LogP contribution >= 0.6 is 0 Å². The number of benzene rings is 1. The van der Waals surface area contributed by atoms with Crippen molar-refractivity contribution >= 4 is 15.9 Å². The molecule has 0 aliphatic rings. The highest BCUT2D eigenvalue weighted by atomic mass is 32.2. The Balaban J connectivity index is 1.58. The van der Waals surface area contributed by atoms with Crippen molar-refractivity contribution in [1.82, 2.24) is 24.4 Å². The minimum atomic E-state index is -3.58. The number of hydrogen-bond donors (Lipinski definition) is 2. The van der Waals surface area contributed by atoms with Crippen molar-refractivity contribution in [3.05, 3.63) is 66.2 Å². The molecular weight excluding hydrogens is 366 g/mol. The van der Waals surface area contributed by atoms with Crippen molar-refractivity contribution in [3.63, 3.8) is 0 Å². The molecule has 3 rings (SSSR count). The standard InChI is InChI=1S/C18H21N5O3S/c1-19-27(25,26)16-12-17(22(2)13-16)18(24)20-10-8-14-4-6-15(7-5-14)23-11-3-9-21-23/h3-7,9,11-13,19H,8,10H2,1-2H3,(H,20,24). The molecule has 0 radical (unpaired) electrons. The Kier molecular flexibility index (Phi) is 5.43. The number of nitrogens with zero attached hydrogens (tertiary/aromatic N) is 3. The van der Waals surface area contributed by atoms with E-state index in [4.69, 9.17) is 0 Å². The molecule has 0 spiro atoms. The second-order valence-corrected chi connectivity index (χ2v) is 7.89. The highest BCUT2D eigenvalue weighted by Gasteiger charge is 2.18. The van der Waals surface area contributed by atoms with Crippen LogP contribution in [0.4, 0.5) is 0 Å². The van der Waals surface area contributed by atoms with Crippen LogP contribution in [0.1, 0.15) is 16.1 Å². The summed E-state index contributed by atoms with van der Waals surface area (Å²) in [6.45, 7) is 0.444. The maximum absolute atomic E-state index is 12.3. The summed E-state index contributed by atoms with van der Waals surface area (Å²) in [5.41, 5.74) is 2.34. The highest BCUT2D eigenvalue weighted by Crippen LogP contribution is 2.13. The van der Waals surface area contributed by atoms with Gasteiger partial charge in [-0.3, -0.25) is 4.79 Å². The zero-order valence-electron chi connectivity index (χ0n) is 15.1. The van der Waals surface area contributed by atoms with Crippen molar-refractivity contribution < 1.29 is 13.2 Å². The fourth-order valence-corrected chi connectivity index (χ4v) is 3.47. The van der Waals surface area contributed by atoms with Gasteiger partial charge in [0.15, 0.2) is 0 Å². The lowest BCUT2D eigenvalue weighted by Crippen LogP contribution is -2.27. The average molecular weight is 387 g/mol. The maximum Gasteiger partial charge on any atom is 0.267 e. The van der Waals surface area contributed by atoms with Crippen LogP contribution < -0.4 is 10.0 Å². The second-order valence-electron chi connectivity index (χ2n) is 6.00. The smallest absolute Gasteiger partial charge is 0.267 e. The molecule has 9 heteroatoms. The number of aromatic nitrogens is 3. The van der Waals surface area contributed by atoms with Crippen molar-refractivity contribution in [2.75, 3.05) is 13.6 Å². The van der Waals surface area contributed by atoms with Gasteiger partial charge in [0.25, 0.3) is 5.91 Å². The molecule has 0 aliphatic carbocycles. The highest BCUT2D eigenvalue weighted by molar-refractivity contribution is 7.89. The number of carbonyl (C=O) groups excluding carboxylic acids is 1. The van der Waals surface area contributed by atoms with Crippen molar-refractivity contribution in [3.8, 4) is 5.69 Å². The molecule has 1 aromatic carbocycles. The summed E-state index contributed by atoms with van der Waals surface area (Å²) in [5, 5.41) is 7.00. The molecule has 0 unspecified atom stereocenters. The number of aryl methyl sites for hydroxylation is 1. The molecule has 142 valence electrons. The second kappa shape index (κ2) is 7.77. The monoisotopic (exact) mass is 387 g/mol. The van der Waals surface area contributed by atoms with Gasteiger partial charge in [0.05, 0.1) is 5.69 Å². The molecule has 0 bridgehead atoms. The number of sulfonamides is 1. The number of hydrogen-bond acceptors (Lipinski definition) is 4. The Hall–Kier alpha value is -2.91. The van der Waals surface area contributed by atoms with E-state index in [1.165, 1.54) is 23.9 Å². The first-order valence-electron chi connectivity index (χ1n) is 8.38. The Morgan fingerprint density at radius 3 is 2.59 bits per heavy atom. The third kappa shape index (κ3) is 4.26. The molecule has 0 aliphatic heterocycles. The molecule has 27 heavy (non-hydrogen) atoms. The summed E-state index contributed by atoms with van der Waals surface area (Å²) in [7, 11) is -0.608. The number of nitrogens with one attached hydrogen (secondary N) is 2. The van der Waals surface area contributed by atoms with E-state index in [1.807, 2.05) is 36.5 Å². The predicted molar refractivity (Wildman–Crippen MR) is 101 cm³/mol. The SMILES string of the molecule is CNS(=O)(=O)c1cc(C(=O)NCCc2ccc(-n3cccn3)cc2)n(C)c1. The van der Waals surface area contributed by atoms with Gasteiger partial charge in [-0.2, -0.15) is 5.10 Å². The maximum atomic E-state index is 12.3. The third-order valence-corrected chi connectivity index (χ3v) is 5.58. The summed E-state index contributed by atoms with van der Waals surface area (Å²) in [5.74, 6) is -0.316. The summed E-state index contributed by atoms with van der Waals surface area (Å²) in [6, 6.07) is 11.1. The van der Waals surface area contributed by atoms with Gasteiger partial charge in [0, 0.05) is 32.2 Å². The van der Waals surface area contributed by atoms with Crippen molar-refractivity contribution in [2.45, 2.75) is 11.3 Å². The van der Waals surface area contributed by atoms with Crippen LogP contribution in [0.15, 0.2) is 59.9 Å². The topological polar surface area (TPSA) is 98.0 Å². The molecule has 0 saturated heterocycles. The van der Waals surface area contributed by atoms with Crippen LogP contribution in [0.25, 0.3) is 5.69 Å². The summed E-state index contributed by atoms with van der Waals surface area (Å²) in [6.07, 6.45) is 5.67. The predicted octanol–water partition coefficient (Wildman–Crippen LogP) is 1.09. The van der Waals surface area contributed by atoms with E-state index in [9.17, 15) is 13.2 Å². The zero-order chi connectivity index (χ0) is 19.4. The first-order valence-corrected chi connectivity index (χ1v) is 9.86. The quantitative estimate of drug-likeness (QED) is 0.634. The van der Waals surface area contributed by atoms with Gasteiger partial charge < -0.3 is 9.88 Å². The fourth-order valence-electron chi connectivity index (χ4n) is 2.67. The largest absolute Gasteiger partial charge is 0.350 e. The van der Waals surface area contributed by atoms with E-state index in [2.05, 4.69) is 15.1 Å². The van der Waals surface area contributed by atoms with E-state index in [0.717, 1.165) is 11.3 Å². The van der Waals surface area contributed by atoms with Crippen LogP contribution in [-0.2, 0) is 23.5 Å². The lowest BCUT2D eigenvalue weighted by molar-refractivity contribution is 0.0946. The van der Waals surface area contributed by atoms with Gasteiger partial charge >= 0.3 is 0 Å². The first kappa shape index (κ1) is 18.9. The third-order valence-electron chi connectivity index (χ3n) is 4.20. The van der Waals surface area contributed by atoms with Gasteiger partial charge in [0.2, 0.25) is 10.0 Å². The van der Waals surface area contributed by atoms with Crippen molar-refractivity contribution in [2.24, 2.45) is 7.05 Å². The van der Waals surface area contributed by atoms with Crippen LogP contribution in [0.2, 0.25) is 0 Å². The van der Waals surface area contributed by atoms with Gasteiger partial charge in [-0.1, -0.05) is 12.1 Å². The molecular formula is C18H21N5O3S. The zero-order valence-corrected chi connectivity index (χ0v) is 15.9. The molecule has 3 aromatic rings. The average Bonchev–Trinajstić information content (AvgIpc) is 3.32. The normalized spacial score (nSPS) is 11.5.